The standard InChI is InChI=1S/C16H17Cl2N3S/c17-14-6-4-12(10-15(14)18)20-19-11-13-5-7-16(22-13)21-8-2-1-3-9-21/h4-7,10-11,20H,1-3,8-9H2/b19-11-. The summed E-state index contributed by atoms with van der Waals surface area (Å²) in [5, 5.41) is 6.65. The second kappa shape index (κ2) is 7.36. The summed E-state index contributed by atoms with van der Waals surface area (Å²) in [6, 6.07) is 9.64. The van der Waals surface area contributed by atoms with E-state index in [0.717, 1.165) is 10.6 Å². The molecule has 0 amide bonds. The number of hydrazone groups is 1. The summed E-state index contributed by atoms with van der Waals surface area (Å²) in [4.78, 5) is 3.59. The minimum atomic E-state index is 0.519. The van der Waals surface area contributed by atoms with Crippen molar-refractivity contribution in [2.45, 2.75) is 19.3 Å². The van der Waals surface area contributed by atoms with Gasteiger partial charge in [0.1, 0.15) is 0 Å². The fourth-order valence-electron chi connectivity index (χ4n) is 2.43. The highest BCUT2D eigenvalue weighted by atomic mass is 35.5. The van der Waals surface area contributed by atoms with Crippen LogP contribution >= 0.6 is 34.5 Å². The Kier molecular flexibility index (Phi) is 5.24. The van der Waals surface area contributed by atoms with E-state index in [1.165, 1.54) is 37.4 Å². The minimum absolute atomic E-state index is 0.519. The molecule has 2 aromatic rings. The molecule has 0 saturated carbocycles. The first-order valence-electron chi connectivity index (χ1n) is 7.31. The van der Waals surface area contributed by atoms with Gasteiger partial charge in [0.05, 0.1) is 26.9 Å². The van der Waals surface area contributed by atoms with Crippen LogP contribution in [0.4, 0.5) is 10.7 Å². The molecule has 0 radical (unpaired) electrons. The lowest BCUT2D eigenvalue weighted by Gasteiger charge is -2.27. The van der Waals surface area contributed by atoms with Crippen molar-refractivity contribution < 1.29 is 0 Å². The molecule has 1 aromatic carbocycles. The first kappa shape index (κ1) is 15.7. The lowest BCUT2D eigenvalue weighted by molar-refractivity contribution is 0.580. The van der Waals surface area contributed by atoms with Gasteiger partial charge < -0.3 is 4.90 Å². The van der Waals surface area contributed by atoms with Gasteiger partial charge in [-0.05, 0) is 49.6 Å². The van der Waals surface area contributed by atoms with E-state index in [4.69, 9.17) is 23.2 Å². The highest BCUT2D eigenvalue weighted by Crippen LogP contribution is 2.28. The Morgan fingerprint density at radius 1 is 1.05 bits per heavy atom. The number of benzene rings is 1. The van der Waals surface area contributed by atoms with Crippen LogP contribution in [0.25, 0.3) is 0 Å². The van der Waals surface area contributed by atoms with E-state index in [-0.39, 0.29) is 0 Å². The molecule has 6 heteroatoms. The molecular formula is C16H17Cl2N3S. The van der Waals surface area contributed by atoms with Gasteiger partial charge in [-0.3, -0.25) is 5.43 Å². The number of hydrogen-bond acceptors (Lipinski definition) is 4. The number of nitrogens with one attached hydrogen (secondary N) is 1. The molecule has 116 valence electrons. The molecule has 1 fully saturated rings. The third-order valence-electron chi connectivity index (χ3n) is 3.59. The minimum Gasteiger partial charge on any atom is -0.363 e. The van der Waals surface area contributed by atoms with E-state index < -0.39 is 0 Å². The van der Waals surface area contributed by atoms with E-state index in [0.29, 0.717) is 10.0 Å². The maximum Gasteiger partial charge on any atom is 0.0915 e. The van der Waals surface area contributed by atoms with Gasteiger partial charge in [-0.25, -0.2) is 0 Å². The summed E-state index contributed by atoms with van der Waals surface area (Å²) < 4.78 is 0. The van der Waals surface area contributed by atoms with E-state index in [9.17, 15) is 0 Å². The molecular weight excluding hydrogens is 337 g/mol. The summed E-state index contributed by atoms with van der Waals surface area (Å²) in [5.41, 5.74) is 3.79. The Balaban J connectivity index is 1.60. The van der Waals surface area contributed by atoms with E-state index in [1.54, 1.807) is 23.5 Å². The van der Waals surface area contributed by atoms with Gasteiger partial charge in [-0.15, -0.1) is 11.3 Å². The number of anilines is 2. The zero-order valence-electron chi connectivity index (χ0n) is 12.1. The number of piperidine rings is 1. The summed E-state index contributed by atoms with van der Waals surface area (Å²) in [5.74, 6) is 0. The highest BCUT2D eigenvalue weighted by molar-refractivity contribution is 7.17. The summed E-state index contributed by atoms with van der Waals surface area (Å²) in [7, 11) is 0. The molecule has 3 rings (SSSR count). The molecule has 1 saturated heterocycles. The molecule has 3 nitrogen and oxygen atoms in total. The van der Waals surface area contributed by atoms with Crippen molar-refractivity contribution in [1.82, 2.24) is 0 Å². The number of hydrogen-bond donors (Lipinski definition) is 1. The number of halogens is 2. The van der Waals surface area contributed by atoms with Crippen LogP contribution in [0.2, 0.25) is 10.0 Å². The number of thiophene rings is 1. The van der Waals surface area contributed by atoms with Gasteiger partial charge in [-0.1, -0.05) is 23.2 Å². The molecule has 1 aromatic heterocycles. The molecule has 0 aliphatic carbocycles. The Labute approximate surface area is 144 Å². The fourth-order valence-corrected chi connectivity index (χ4v) is 3.66. The van der Waals surface area contributed by atoms with Crippen molar-refractivity contribution in [2.75, 3.05) is 23.4 Å². The van der Waals surface area contributed by atoms with Gasteiger partial charge in [0.2, 0.25) is 0 Å². The predicted molar refractivity (Wildman–Crippen MR) is 98.1 cm³/mol. The van der Waals surface area contributed by atoms with E-state index >= 15 is 0 Å². The van der Waals surface area contributed by atoms with Crippen LogP contribution in [0.5, 0.6) is 0 Å². The van der Waals surface area contributed by atoms with Crippen LogP contribution in [0.1, 0.15) is 24.1 Å². The Bertz CT molecular complexity index is 663. The van der Waals surface area contributed by atoms with Crippen molar-refractivity contribution in [1.29, 1.82) is 0 Å². The van der Waals surface area contributed by atoms with Crippen molar-refractivity contribution in [3.63, 3.8) is 0 Å². The second-order valence-corrected chi connectivity index (χ2v) is 7.13. The second-order valence-electron chi connectivity index (χ2n) is 5.22. The zero-order chi connectivity index (χ0) is 15.4. The highest BCUT2D eigenvalue weighted by Gasteiger charge is 2.12. The lowest BCUT2D eigenvalue weighted by atomic mass is 10.1. The van der Waals surface area contributed by atoms with Crippen LogP contribution in [0.15, 0.2) is 35.4 Å². The van der Waals surface area contributed by atoms with Crippen molar-refractivity contribution in [3.05, 3.63) is 45.3 Å². The van der Waals surface area contributed by atoms with Gasteiger partial charge in [-0.2, -0.15) is 5.10 Å². The van der Waals surface area contributed by atoms with Crippen molar-refractivity contribution >= 4 is 51.4 Å². The van der Waals surface area contributed by atoms with E-state index in [1.807, 2.05) is 12.3 Å². The van der Waals surface area contributed by atoms with Crippen molar-refractivity contribution in [3.8, 4) is 0 Å². The average molecular weight is 354 g/mol. The van der Waals surface area contributed by atoms with Crippen LogP contribution in [0, 0.1) is 0 Å². The fraction of sp³-hybridized carbons (Fsp3) is 0.312. The molecule has 0 atom stereocenters. The maximum atomic E-state index is 5.97. The molecule has 0 bridgehead atoms. The molecule has 0 spiro atoms. The third kappa shape index (κ3) is 3.94. The molecule has 0 unspecified atom stereocenters. The topological polar surface area (TPSA) is 27.6 Å². The molecule has 2 heterocycles. The Hall–Kier alpha value is -1.23. The largest absolute Gasteiger partial charge is 0.363 e. The maximum absolute atomic E-state index is 5.97. The van der Waals surface area contributed by atoms with Gasteiger partial charge in [0, 0.05) is 18.0 Å². The van der Waals surface area contributed by atoms with Crippen LogP contribution in [-0.4, -0.2) is 19.3 Å². The first-order valence-corrected chi connectivity index (χ1v) is 8.88. The van der Waals surface area contributed by atoms with Crippen LogP contribution in [-0.2, 0) is 0 Å². The molecule has 22 heavy (non-hydrogen) atoms. The Morgan fingerprint density at radius 3 is 2.64 bits per heavy atom. The monoisotopic (exact) mass is 353 g/mol. The third-order valence-corrected chi connectivity index (χ3v) is 5.41. The predicted octanol–water partition coefficient (Wildman–Crippen LogP) is 5.49. The zero-order valence-corrected chi connectivity index (χ0v) is 14.4. The lowest BCUT2D eigenvalue weighted by Crippen LogP contribution is -2.28. The number of nitrogens with zero attached hydrogens (tertiary/aromatic N) is 2. The quantitative estimate of drug-likeness (QED) is 0.581. The normalized spacial score (nSPS) is 15.5. The molecule has 1 aliphatic heterocycles. The van der Waals surface area contributed by atoms with Gasteiger partial charge in [0.15, 0.2) is 0 Å². The summed E-state index contributed by atoms with van der Waals surface area (Å²) in [6.45, 7) is 2.33. The van der Waals surface area contributed by atoms with E-state index in [2.05, 4.69) is 27.6 Å². The Morgan fingerprint density at radius 2 is 1.86 bits per heavy atom. The smallest absolute Gasteiger partial charge is 0.0915 e. The van der Waals surface area contributed by atoms with Crippen LogP contribution < -0.4 is 10.3 Å². The van der Waals surface area contributed by atoms with Gasteiger partial charge >= 0.3 is 0 Å². The van der Waals surface area contributed by atoms with Gasteiger partial charge in [0.25, 0.3) is 0 Å². The molecule has 1 N–H and O–H groups in total. The average Bonchev–Trinajstić information content (AvgIpc) is 3.01. The SMILES string of the molecule is Clc1ccc(N/N=C\c2ccc(N3CCCCC3)s2)cc1Cl. The molecule has 1 aliphatic rings. The summed E-state index contributed by atoms with van der Waals surface area (Å²) in [6.07, 6.45) is 5.77. The van der Waals surface area contributed by atoms with Crippen molar-refractivity contribution in [2.24, 2.45) is 5.10 Å². The first-order chi connectivity index (χ1) is 10.7. The summed E-state index contributed by atoms with van der Waals surface area (Å²) >= 11 is 13.6. The van der Waals surface area contributed by atoms with Crippen LogP contribution in [0.3, 0.4) is 0 Å². The number of rotatable bonds is 4.